The molecular formula is C17H25ClN2O3. The lowest BCUT2D eigenvalue weighted by molar-refractivity contribution is -0.132. The third-order valence-corrected chi connectivity index (χ3v) is 4.52. The number of hydrogen-bond acceptors (Lipinski definition) is 4. The van der Waals surface area contributed by atoms with Crippen molar-refractivity contribution in [1.82, 2.24) is 5.32 Å². The number of amides is 1. The number of nitrogens with two attached hydrogens (primary N) is 1. The number of ether oxygens (including phenoxy) is 2. The van der Waals surface area contributed by atoms with Gasteiger partial charge in [0, 0.05) is 18.5 Å². The molecule has 1 amide bonds. The topological polar surface area (TPSA) is 73.6 Å². The van der Waals surface area contributed by atoms with E-state index >= 15 is 0 Å². The minimum absolute atomic E-state index is 0. The van der Waals surface area contributed by atoms with E-state index in [-0.39, 0.29) is 36.6 Å². The highest BCUT2D eigenvalue weighted by molar-refractivity contribution is 5.85. The second-order valence-electron chi connectivity index (χ2n) is 5.95. The molecule has 3 rings (SSSR count). The zero-order chi connectivity index (χ0) is 15.5. The molecule has 0 spiro atoms. The van der Waals surface area contributed by atoms with E-state index < -0.39 is 0 Å². The zero-order valence-corrected chi connectivity index (χ0v) is 14.2. The van der Waals surface area contributed by atoms with Gasteiger partial charge in [-0.05, 0) is 24.8 Å². The minimum atomic E-state index is -0.366. The Morgan fingerprint density at radius 3 is 2.87 bits per heavy atom. The molecule has 0 aliphatic carbocycles. The lowest BCUT2D eigenvalue weighted by Gasteiger charge is -2.29. The lowest BCUT2D eigenvalue weighted by atomic mass is 9.96. The number of carbonyl (C=O) groups excluding carboxylic acids is 1. The summed E-state index contributed by atoms with van der Waals surface area (Å²) >= 11 is 0. The van der Waals surface area contributed by atoms with Crippen LogP contribution in [0.3, 0.4) is 0 Å². The average molecular weight is 341 g/mol. The summed E-state index contributed by atoms with van der Waals surface area (Å²) in [5.74, 6) is 0.907. The second-order valence-corrected chi connectivity index (χ2v) is 5.95. The standard InChI is InChI=1S/C17H24N2O3.ClH/c1-2-11-4-3-5-13-14(8-9-21-16(11)13)19-17(20)15-7-6-12(10-18)22-15;/h3-5,12,14-15H,2,6-10,18H2,1H3,(H,19,20);1H/t12-,14?,15+;/m1./s1. The first-order valence-corrected chi connectivity index (χ1v) is 8.13. The van der Waals surface area contributed by atoms with Gasteiger partial charge in [-0.3, -0.25) is 4.79 Å². The van der Waals surface area contributed by atoms with Crippen LogP contribution in [-0.2, 0) is 16.0 Å². The highest BCUT2D eigenvalue weighted by atomic mass is 35.5. The third-order valence-electron chi connectivity index (χ3n) is 4.52. The van der Waals surface area contributed by atoms with Gasteiger partial charge >= 0.3 is 0 Å². The van der Waals surface area contributed by atoms with Gasteiger partial charge < -0.3 is 20.5 Å². The molecular weight excluding hydrogens is 316 g/mol. The fourth-order valence-electron chi connectivity index (χ4n) is 3.25. The molecule has 3 N–H and O–H groups in total. The van der Waals surface area contributed by atoms with E-state index in [1.54, 1.807) is 0 Å². The SMILES string of the molecule is CCc1cccc2c1OCCC2NC(=O)[C@@H]1CC[C@H](CN)O1.Cl. The molecule has 3 atom stereocenters. The Balaban J connectivity index is 0.00000192. The van der Waals surface area contributed by atoms with Crippen molar-refractivity contribution in [2.75, 3.05) is 13.2 Å². The molecule has 2 aliphatic heterocycles. The number of halogens is 1. The first kappa shape index (κ1) is 18.0. The van der Waals surface area contributed by atoms with Crippen LogP contribution < -0.4 is 15.8 Å². The highest BCUT2D eigenvalue weighted by Gasteiger charge is 2.32. The van der Waals surface area contributed by atoms with Crippen molar-refractivity contribution in [1.29, 1.82) is 0 Å². The Bertz CT molecular complexity index is 553. The minimum Gasteiger partial charge on any atom is -0.493 e. The van der Waals surface area contributed by atoms with Crippen molar-refractivity contribution in [2.24, 2.45) is 5.73 Å². The Morgan fingerprint density at radius 2 is 2.17 bits per heavy atom. The molecule has 0 aromatic heterocycles. The van der Waals surface area contributed by atoms with Crippen molar-refractivity contribution in [3.63, 3.8) is 0 Å². The molecule has 23 heavy (non-hydrogen) atoms. The summed E-state index contributed by atoms with van der Waals surface area (Å²) in [5, 5.41) is 3.13. The van der Waals surface area contributed by atoms with E-state index in [1.165, 1.54) is 5.56 Å². The Morgan fingerprint density at radius 1 is 1.35 bits per heavy atom. The molecule has 1 aromatic rings. The molecule has 1 saturated heterocycles. The van der Waals surface area contributed by atoms with Gasteiger partial charge in [-0.2, -0.15) is 0 Å². The van der Waals surface area contributed by atoms with Crippen LogP contribution in [0.15, 0.2) is 18.2 Å². The smallest absolute Gasteiger partial charge is 0.249 e. The number of benzene rings is 1. The summed E-state index contributed by atoms with van der Waals surface area (Å²) in [4.78, 5) is 12.4. The van der Waals surface area contributed by atoms with Gasteiger partial charge in [0.1, 0.15) is 11.9 Å². The van der Waals surface area contributed by atoms with Crippen LogP contribution >= 0.6 is 12.4 Å². The van der Waals surface area contributed by atoms with Gasteiger partial charge in [0.05, 0.1) is 18.8 Å². The van der Waals surface area contributed by atoms with E-state index in [0.717, 1.165) is 37.0 Å². The number of nitrogens with one attached hydrogen (secondary N) is 1. The first-order valence-electron chi connectivity index (χ1n) is 8.13. The van der Waals surface area contributed by atoms with Gasteiger partial charge in [0.15, 0.2) is 0 Å². The second kappa shape index (κ2) is 7.99. The predicted octanol–water partition coefficient (Wildman–Crippen LogP) is 2.12. The van der Waals surface area contributed by atoms with E-state index in [2.05, 4.69) is 18.3 Å². The molecule has 1 fully saturated rings. The molecule has 2 aliphatic rings. The Kier molecular flexibility index (Phi) is 6.27. The third kappa shape index (κ3) is 3.79. The number of carbonyl (C=O) groups is 1. The molecule has 128 valence electrons. The molecule has 1 unspecified atom stereocenters. The van der Waals surface area contributed by atoms with Crippen LogP contribution in [0.5, 0.6) is 5.75 Å². The summed E-state index contributed by atoms with van der Waals surface area (Å²) in [6.45, 7) is 3.22. The molecule has 6 heteroatoms. The summed E-state index contributed by atoms with van der Waals surface area (Å²) in [6, 6.07) is 6.15. The fourth-order valence-corrected chi connectivity index (χ4v) is 3.25. The van der Waals surface area contributed by atoms with E-state index in [1.807, 2.05) is 12.1 Å². The zero-order valence-electron chi connectivity index (χ0n) is 13.4. The summed E-state index contributed by atoms with van der Waals surface area (Å²) in [5.41, 5.74) is 7.87. The van der Waals surface area contributed by atoms with Gasteiger partial charge in [-0.1, -0.05) is 25.1 Å². The maximum atomic E-state index is 12.4. The summed E-state index contributed by atoms with van der Waals surface area (Å²) in [6.07, 6.45) is 2.98. The van der Waals surface area contributed by atoms with Crippen molar-refractivity contribution in [2.45, 2.75) is 50.9 Å². The van der Waals surface area contributed by atoms with Crippen molar-refractivity contribution < 1.29 is 14.3 Å². The number of hydrogen-bond donors (Lipinski definition) is 2. The number of aryl methyl sites for hydroxylation is 1. The van der Waals surface area contributed by atoms with Crippen LogP contribution in [0.25, 0.3) is 0 Å². The molecule has 0 radical (unpaired) electrons. The Labute approximate surface area is 143 Å². The molecule has 0 bridgehead atoms. The average Bonchev–Trinajstić information content (AvgIpc) is 3.04. The van der Waals surface area contributed by atoms with Gasteiger partial charge in [0.25, 0.3) is 0 Å². The van der Waals surface area contributed by atoms with Crippen LogP contribution in [0.2, 0.25) is 0 Å². The fraction of sp³-hybridized carbons (Fsp3) is 0.588. The lowest BCUT2D eigenvalue weighted by Crippen LogP contribution is -2.39. The number of rotatable bonds is 4. The number of para-hydroxylation sites is 1. The summed E-state index contributed by atoms with van der Waals surface area (Å²) < 4.78 is 11.5. The van der Waals surface area contributed by atoms with E-state index in [0.29, 0.717) is 13.2 Å². The van der Waals surface area contributed by atoms with Crippen molar-refractivity contribution >= 4 is 18.3 Å². The molecule has 1 aromatic carbocycles. The Hall–Kier alpha value is -1.30. The van der Waals surface area contributed by atoms with Crippen LogP contribution in [0.1, 0.15) is 43.4 Å². The maximum absolute atomic E-state index is 12.4. The summed E-state index contributed by atoms with van der Waals surface area (Å²) in [7, 11) is 0. The van der Waals surface area contributed by atoms with Gasteiger partial charge in [0.2, 0.25) is 5.91 Å². The highest BCUT2D eigenvalue weighted by Crippen LogP contribution is 2.35. The number of fused-ring (bicyclic) bond motifs is 1. The first-order chi connectivity index (χ1) is 10.7. The maximum Gasteiger partial charge on any atom is 0.249 e. The molecule has 5 nitrogen and oxygen atoms in total. The van der Waals surface area contributed by atoms with Crippen molar-refractivity contribution in [3.05, 3.63) is 29.3 Å². The van der Waals surface area contributed by atoms with Crippen LogP contribution in [-0.4, -0.2) is 31.3 Å². The van der Waals surface area contributed by atoms with Gasteiger partial charge in [-0.15, -0.1) is 12.4 Å². The van der Waals surface area contributed by atoms with Gasteiger partial charge in [-0.25, -0.2) is 0 Å². The normalized spacial score (nSPS) is 25.9. The predicted molar refractivity (Wildman–Crippen MR) is 91.0 cm³/mol. The van der Waals surface area contributed by atoms with E-state index in [9.17, 15) is 4.79 Å². The quantitative estimate of drug-likeness (QED) is 0.880. The van der Waals surface area contributed by atoms with E-state index in [4.69, 9.17) is 15.2 Å². The largest absolute Gasteiger partial charge is 0.493 e. The van der Waals surface area contributed by atoms with Crippen LogP contribution in [0.4, 0.5) is 0 Å². The molecule has 2 heterocycles. The van der Waals surface area contributed by atoms with Crippen LogP contribution in [0, 0.1) is 0 Å². The molecule has 0 saturated carbocycles. The monoisotopic (exact) mass is 340 g/mol. The van der Waals surface area contributed by atoms with Crippen molar-refractivity contribution in [3.8, 4) is 5.75 Å².